The lowest BCUT2D eigenvalue weighted by Gasteiger charge is -2.34. The molecule has 1 aliphatic heterocycles. The lowest BCUT2D eigenvalue weighted by atomic mass is 10.2. The van der Waals surface area contributed by atoms with E-state index < -0.39 is 0 Å². The number of hydrogen-bond donors (Lipinski definition) is 1. The zero-order chi connectivity index (χ0) is 14.5. The topological polar surface area (TPSA) is 41.6 Å². The van der Waals surface area contributed by atoms with E-state index in [4.69, 9.17) is 16.3 Å². The molecule has 1 aromatic carbocycles. The highest BCUT2D eigenvalue weighted by molar-refractivity contribution is 6.30. The molecule has 2 rings (SSSR count). The van der Waals surface area contributed by atoms with Crippen molar-refractivity contribution in [1.82, 2.24) is 10.2 Å². The van der Waals surface area contributed by atoms with Crippen LogP contribution < -0.4 is 5.32 Å². The van der Waals surface area contributed by atoms with E-state index in [1.54, 1.807) is 11.1 Å². The fourth-order valence-electron chi connectivity index (χ4n) is 2.22. The number of urea groups is 1. The number of carbonyl (C=O) groups is 1. The van der Waals surface area contributed by atoms with Crippen LogP contribution in [0.25, 0.3) is 6.08 Å². The highest BCUT2D eigenvalue weighted by atomic mass is 35.5. The molecule has 1 saturated heterocycles. The van der Waals surface area contributed by atoms with Gasteiger partial charge in [0.15, 0.2) is 0 Å². The van der Waals surface area contributed by atoms with Crippen LogP contribution in [0.3, 0.4) is 0 Å². The van der Waals surface area contributed by atoms with E-state index >= 15 is 0 Å². The second kappa shape index (κ2) is 6.77. The van der Waals surface area contributed by atoms with Crippen molar-refractivity contribution in [3.63, 3.8) is 0 Å². The summed E-state index contributed by atoms with van der Waals surface area (Å²) in [4.78, 5) is 13.8. The first kappa shape index (κ1) is 14.9. The fraction of sp³-hybridized carbons (Fsp3) is 0.400. The van der Waals surface area contributed by atoms with Gasteiger partial charge in [0.25, 0.3) is 0 Å². The van der Waals surface area contributed by atoms with Crippen LogP contribution >= 0.6 is 11.6 Å². The third-order valence-electron chi connectivity index (χ3n) is 3.06. The van der Waals surface area contributed by atoms with Gasteiger partial charge >= 0.3 is 6.03 Å². The second-order valence-corrected chi connectivity index (χ2v) is 5.43. The molecule has 0 spiro atoms. The second-order valence-electron chi connectivity index (χ2n) is 5.00. The van der Waals surface area contributed by atoms with Crippen molar-refractivity contribution < 1.29 is 9.53 Å². The highest BCUT2D eigenvalue weighted by Crippen LogP contribution is 2.11. The van der Waals surface area contributed by atoms with E-state index in [1.165, 1.54) is 0 Å². The molecule has 108 valence electrons. The Morgan fingerprint density at radius 1 is 1.30 bits per heavy atom. The minimum atomic E-state index is -0.0998. The third kappa shape index (κ3) is 4.25. The van der Waals surface area contributed by atoms with Crippen molar-refractivity contribution >= 4 is 23.7 Å². The Bertz CT molecular complexity index is 477. The summed E-state index contributed by atoms with van der Waals surface area (Å²) in [5.74, 6) is 0. The molecule has 1 aromatic rings. The maximum atomic E-state index is 12.0. The van der Waals surface area contributed by atoms with E-state index in [2.05, 4.69) is 5.32 Å². The van der Waals surface area contributed by atoms with Gasteiger partial charge in [-0.3, -0.25) is 0 Å². The Kier molecular flexibility index (Phi) is 5.04. The van der Waals surface area contributed by atoms with Crippen molar-refractivity contribution in [3.8, 4) is 0 Å². The molecule has 0 aromatic heterocycles. The Balaban J connectivity index is 1.86. The van der Waals surface area contributed by atoms with Gasteiger partial charge in [0.1, 0.15) is 0 Å². The normalized spacial score (nSPS) is 23.1. The van der Waals surface area contributed by atoms with E-state index in [-0.39, 0.29) is 18.2 Å². The van der Waals surface area contributed by atoms with Crippen molar-refractivity contribution in [2.75, 3.05) is 13.1 Å². The van der Waals surface area contributed by atoms with E-state index in [9.17, 15) is 4.79 Å². The largest absolute Gasteiger partial charge is 0.372 e. The molecular formula is C15H19ClN2O2. The Labute approximate surface area is 124 Å². The molecule has 0 aliphatic carbocycles. The molecule has 0 radical (unpaired) electrons. The monoisotopic (exact) mass is 294 g/mol. The predicted octanol–water partition coefficient (Wildman–Crippen LogP) is 3.13. The van der Waals surface area contributed by atoms with Crippen LogP contribution in [0.4, 0.5) is 4.79 Å². The number of nitrogens with zero attached hydrogens (tertiary/aromatic N) is 1. The molecule has 2 atom stereocenters. The Morgan fingerprint density at radius 3 is 2.50 bits per heavy atom. The van der Waals surface area contributed by atoms with E-state index in [0.717, 1.165) is 5.56 Å². The number of nitrogens with one attached hydrogen (secondary N) is 1. The average Bonchev–Trinajstić information content (AvgIpc) is 2.40. The lowest BCUT2D eigenvalue weighted by molar-refractivity contribution is -0.0541. The van der Waals surface area contributed by atoms with E-state index in [0.29, 0.717) is 18.1 Å². The van der Waals surface area contributed by atoms with Crippen molar-refractivity contribution in [2.24, 2.45) is 0 Å². The van der Waals surface area contributed by atoms with Gasteiger partial charge in [0.05, 0.1) is 12.2 Å². The molecule has 1 fully saturated rings. The molecule has 2 unspecified atom stereocenters. The van der Waals surface area contributed by atoms with Crippen LogP contribution in [0.5, 0.6) is 0 Å². The summed E-state index contributed by atoms with van der Waals surface area (Å²) in [6, 6.07) is 7.31. The summed E-state index contributed by atoms with van der Waals surface area (Å²) in [5, 5.41) is 3.47. The molecule has 0 saturated carbocycles. The van der Waals surface area contributed by atoms with Gasteiger partial charge in [0, 0.05) is 24.3 Å². The van der Waals surface area contributed by atoms with Crippen LogP contribution in [0.15, 0.2) is 30.5 Å². The van der Waals surface area contributed by atoms with Crippen LogP contribution in [-0.2, 0) is 4.74 Å². The molecular weight excluding hydrogens is 276 g/mol. The smallest absolute Gasteiger partial charge is 0.321 e. The molecule has 2 amide bonds. The van der Waals surface area contributed by atoms with Gasteiger partial charge in [-0.25, -0.2) is 4.79 Å². The number of hydrogen-bond acceptors (Lipinski definition) is 2. The quantitative estimate of drug-likeness (QED) is 0.910. The first-order chi connectivity index (χ1) is 9.54. The van der Waals surface area contributed by atoms with Crippen molar-refractivity contribution in [1.29, 1.82) is 0 Å². The number of ether oxygens (including phenoxy) is 1. The first-order valence-corrected chi connectivity index (χ1v) is 7.05. The summed E-state index contributed by atoms with van der Waals surface area (Å²) in [6.07, 6.45) is 3.63. The van der Waals surface area contributed by atoms with Gasteiger partial charge in [-0.1, -0.05) is 23.7 Å². The maximum Gasteiger partial charge on any atom is 0.321 e. The first-order valence-electron chi connectivity index (χ1n) is 6.67. The standard InChI is InChI=1S/C15H19ClN2O2/c1-11-9-18(10-12(2)20-11)15(19)17-8-7-13-3-5-14(16)6-4-13/h3-8,11-12H,9-10H2,1-2H3,(H,17,19)/b8-7+. The van der Waals surface area contributed by atoms with Gasteiger partial charge in [-0.15, -0.1) is 0 Å². The molecule has 20 heavy (non-hydrogen) atoms. The SMILES string of the molecule is CC1CN(C(=O)N/C=C/c2ccc(Cl)cc2)CC(C)O1. The van der Waals surface area contributed by atoms with Crippen LogP contribution in [0.1, 0.15) is 19.4 Å². The average molecular weight is 295 g/mol. The minimum Gasteiger partial charge on any atom is -0.372 e. The van der Waals surface area contributed by atoms with E-state index in [1.807, 2.05) is 44.2 Å². The van der Waals surface area contributed by atoms with Gasteiger partial charge < -0.3 is 15.0 Å². The molecule has 1 N–H and O–H groups in total. The summed E-state index contributed by atoms with van der Waals surface area (Å²) in [7, 11) is 0. The predicted molar refractivity (Wildman–Crippen MR) is 80.6 cm³/mol. The number of amides is 2. The molecule has 4 nitrogen and oxygen atoms in total. The van der Waals surface area contributed by atoms with Crippen LogP contribution in [0.2, 0.25) is 5.02 Å². The number of morpholine rings is 1. The van der Waals surface area contributed by atoms with Crippen molar-refractivity contribution in [3.05, 3.63) is 41.1 Å². The minimum absolute atomic E-state index is 0.0738. The number of carbonyl (C=O) groups excluding carboxylic acids is 1. The fourth-order valence-corrected chi connectivity index (χ4v) is 2.34. The molecule has 5 heteroatoms. The lowest BCUT2D eigenvalue weighted by Crippen LogP contribution is -2.50. The van der Waals surface area contributed by atoms with Crippen LogP contribution in [0, 0.1) is 0 Å². The molecule has 1 heterocycles. The zero-order valence-electron chi connectivity index (χ0n) is 11.7. The van der Waals surface area contributed by atoms with Crippen LogP contribution in [-0.4, -0.2) is 36.2 Å². The summed E-state index contributed by atoms with van der Waals surface area (Å²) >= 11 is 5.81. The Morgan fingerprint density at radius 2 is 1.90 bits per heavy atom. The zero-order valence-corrected chi connectivity index (χ0v) is 12.4. The van der Waals surface area contributed by atoms with Gasteiger partial charge in [0.2, 0.25) is 0 Å². The molecule has 0 bridgehead atoms. The van der Waals surface area contributed by atoms with Gasteiger partial charge in [-0.2, -0.15) is 0 Å². The van der Waals surface area contributed by atoms with Gasteiger partial charge in [-0.05, 0) is 37.6 Å². The third-order valence-corrected chi connectivity index (χ3v) is 3.31. The number of halogens is 1. The molecule has 1 aliphatic rings. The number of rotatable bonds is 2. The summed E-state index contributed by atoms with van der Waals surface area (Å²) < 4.78 is 5.60. The highest BCUT2D eigenvalue weighted by Gasteiger charge is 2.25. The Hall–Kier alpha value is -1.52. The van der Waals surface area contributed by atoms with Crippen molar-refractivity contribution in [2.45, 2.75) is 26.1 Å². The maximum absolute atomic E-state index is 12.0. The number of benzene rings is 1. The summed E-state index contributed by atoms with van der Waals surface area (Å²) in [6.45, 7) is 5.18. The summed E-state index contributed by atoms with van der Waals surface area (Å²) in [5.41, 5.74) is 0.985.